The van der Waals surface area contributed by atoms with Gasteiger partial charge in [0.15, 0.2) is 0 Å². The first-order chi connectivity index (χ1) is 10.0. The smallest absolute Gasteiger partial charge is 0.223 e. The first kappa shape index (κ1) is 19.8. The predicted octanol–water partition coefficient (Wildman–Crippen LogP) is 3.86. The molecule has 2 rings (SSSR count). The number of piperidine rings is 1. The van der Waals surface area contributed by atoms with Crippen LogP contribution >= 0.6 is 12.4 Å². The van der Waals surface area contributed by atoms with Gasteiger partial charge in [-0.05, 0) is 63.5 Å². The number of amides is 1. The summed E-state index contributed by atoms with van der Waals surface area (Å²) >= 11 is 0. The quantitative estimate of drug-likeness (QED) is 0.768. The van der Waals surface area contributed by atoms with Crippen LogP contribution in [0.4, 0.5) is 0 Å². The fraction of sp³-hybridized carbons (Fsp3) is 0.944. The fourth-order valence-electron chi connectivity index (χ4n) is 3.64. The van der Waals surface area contributed by atoms with Crippen molar-refractivity contribution in [2.24, 2.45) is 17.8 Å². The monoisotopic (exact) mass is 330 g/mol. The molecule has 4 heteroatoms. The van der Waals surface area contributed by atoms with Crippen LogP contribution in [0.3, 0.4) is 0 Å². The Morgan fingerprint density at radius 3 is 2.41 bits per heavy atom. The lowest BCUT2D eigenvalue weighted by Gasteiger charge is -2.35. The predicted molar refractivity (Wildman–Crippen MR) is 95.4 cm³/mol. The molecule has 0 aromatic heterocycles. The zero-order valence-electron chi connectivity index (χ0n) is 14.8. The van der Waals surface area contributed by atoms with Gasteiger partial charge >= 0.3 is 0 Å². The van der Waals surface area contributed by atoms with Gasteiger partial charge in [-0.25, -0.2) is 0 Å². The highest BCUT2D eigenvalue weighted by molar-refractivity contribution is 5.85. The molecule has 2 fully saturated rings. The summed E-state index contributed by atoms with van der Waals surface area (Å²) in [4.78, 5) is 15.1. The van der Waals surface area contributed by atoms with Gasteiger partial charge in [-0.15, -0.1) is 12.4 Å². The molecular formula is C18H35ClN2O. The average molecular weight is 331 g/mol. The van der Waals surface area contributed by atoms with Crippen molar-refractivity contribution in [2.45, 2.75) is 78.3 Å². The van der Waals surface area contributed by atoms with E-state index < -0.39 is 0 Å². The van der Waals surface area contributed by atoms with Crippen LogP contribution in [0.1, 0.15) is 66.2 Å². The topological polar surface area (TPSA) is 32.3 Å². The molecule has 130 valence electrons. The SMILES string of the molecule is CCC(C)C(C)N(C(=O)CC(C)C1CCCNC1)C1CC1.Cl. The largest absolute Gasteiger partial charge is 0.337 e. The number of halogens is 1. The van der Waals surface area contributed by atoms with Crippen LogP contribution in [0.15, 0.2) is 0 Å². The van der Waals surface area contributed by atoms with Crippen LogP contribution in [-0.2, 0) is 4.79 Å². The molecule has 1 aliphatic heterocycles. The van der Waals surface area contributed by atoms with Crippen molar-refractivity contribution in [2.75, 3.05) is 13.1 Å². The summed E-state index contributed by atoms with van der Waals surface area (Å²) in [6.45, 7) is 11.3. The van der Waals surface area contributed by atoms with E-state index in [0.29, 0.717) is 35.7 Å². The maximum absolute atomic E-state index is 12.8. The standard InChI is InChI=1S/C18H34N2O.ClH/c1-5-13(2)15(4)20(17-8-9-17)18(21)11-14(3)16-7-6-10-19-12-16;/h13-17,19H,5-12H2,1-4H3;1H. The zero-order valence-corrected chi connectivity index (χ0v) is 15.6. The lowest BCUT2D eigenvalue weighted by Crippen LogP contribution is -2.45. The summed E-state index contributed by atoms with van der Waals surface area (Å²) < 4.78 is 0. The minimum absolute atomic E-state index is 0. The van der Waals surface area contributed by atoms with E-state index >= 15 is 0 Å². The number of carbonyl (C=O) groups excluding carboxylic acids is 1. The second-order valence-electron chi connectivity index (χ2n) is 7.45. The molecular weight excluding hydrogens is 296 g/mol. The number of nitrogens with one attached hydrogen (secondary N) is 1. The maximum atomic E-state index is 12.8. The van der Waals surface area contributed by atoms with E-state index in [-0.39, 0.29) is 12.4 Å². The molecule has 0 bridgehead atoms. The molecule has 22 heavy (non-hydrogen) atoms. The molecule has 1 aliphatic carbocycles. The summed E-state index contributed by atoms with van der Waals surface area (Å²) in [5, 5.41) is 3.48. The second kappa shape index (κ2) is 9.12. The van der Waals surface area contributed by atoms with E-state index in [0.717, 1.165) is 25.9 Å². The van der Waals surface area contributed by atoms with Gasteiger partial charge in [0.25, 0.3) is 0 Å². The molecule has 1 amide bonds. The minimum Gasteiger partial charge on any atom is -0.337 e. The number of carbonyl (C=O) groups is 1. The molecule has 4 unspecified atom stereocenters. The molecule has 0 aromatic carbocycles. The summed E-state index contributed by atoms with van der Waals surface area (Å²) in [6.07, 6.45) is 6.87. The van der Waals surface area contributed by atoms with Gasteiger partial charge in [0.2, 0.25) is 5.91 Å². The molecule has 4 atom stereocenters. The van der Waals surface area contributed by atoms with Gasteiger partial charge in [-0.2, -0.15) is 0 Å². The first-order valence-corrected chi connectivity index (χ1v) is 9.06. The molecule has 1 N–H and O–H groups in total. The van der Waals surface area contributed by atoms with Crippen molar-refractivity contribution in [1.29, 1.82) is 0 Å². The highest BCUT2D eigenvalue weighted by atomic mass is 35.5. The number of hydrogen-bond acceptors (Lipinski definition) is 2. The Hall–Kier alpha value is -0.280. The third kappa shape index (κ3) is 5.13. The minimum atomic E-state index is 0. The number of nitrogens with zero attached hydrogens (tertiary/aromatic N) is 1. The van der Waals surface area contributed by atoms with Crippen molar-refractivity contribution in [3.63, 3.8) is 0 Å². The molecule has 1 heterocycles. The maximum Gasteiger partial charge on any atom is 0.223 e. The second-order valence-corrected chi connectivity index (χ2v) is 7.45. The Morgan fingerprint density at radius 1 is 1.23 bits per heavy atom. The Morgan fingerprint density at radius 2 is 1.91 bits per heavy atom. The lowest BCUT2D eigenvalue weighted by atomic mass is 9.85. The Bertz CT molecular complexity index is 340. The van der Waals surface area contributed by atoms with E-state index in [1.54, 1.807) is 0 Å². The van der Waals surface area contributed by atoms with Crippen molar-refractivity contribution < 1.29 is 4.79 Å². The van der Waals surface area contributed by atoms with Crippen LogP contribution in [0.25, 0.3) is 0 Å². The number of rotatable bonds is 7. The molecule has 1 saturated carbocycles. The van der Waals surface area contributed by atoms with Crippen LogP contribution < -0.4 is 5.32 Å². The fourth-order valence-corrected chi connectivity index (χ4v) is 3.64. The summed E-state index contributed by atoms with van der Waals surface area (Å²) in [7, 11) is 0. The van der Waals surface area contributed by atoms with Crippen LogP contribution in [0.5, 0.6) is 0 Å². The first-order valence-electron chi connectivity index (χ1n) is 9.06. The lowest BCUT2D eigenvalue weighted by molar-refractivity contribution is -0.136. The third-order valence-corrected chi connectivity index (χ3v) is 5.77. The number of hydrogen-bond donors (Lipinski definition) is 1. The van der Waals surface area contributed by atoms with Gasteiger partial charge in [-0.3, -0.25) is 4.79 Å². The molecule has 2 aliphatic rings. The molecule has 0 radical (unpaired) electrons. The molecule has 0 spiro atoms. The summed E-state index contributed by atoms with van der Waals surface area (Å²) in [6, 6.07) is 0.935. The zero-order chi connectivity index (χ0) is 15.4. The van der Waals surface area contributed by atoms with Gasteiger partial charge in [-0.1, -0.05) is 27.2 Å². The summed E-state index contributed by atoms with van der Waals surface area (Å²) in [5.74, 6) is 2.20. The normalized spacial score (nSPS) is 25.7. The summed E-state index contributed by atoms with van der Waals surface area (Å²) in [5.41, 5.74) is 0. The Kier molecular flexibility index (Phi) is 8.20. The van der Waals surface area contributed by atoms with Crippen molar-refractivity contribution in [3.8, 4) is 0 Å². The van der Waals surface area contributed by atoms with Gasteiger partial charge in [0, 0.05) is 18.5 Å². The highest BCUT2D eigenvalue weighted by Gasteiger charge is 2.37. The van der Waals surface area contributed by atoms with E-state index in [1.165, 1.54) is 25.7 Å². The van der Waals surface area contributed by atoms with Crippen molar-refractivity contribution in [3.05, 3.63) is 0 Å². The van der Waals surface area contributed by atoms with Gasteiger partial charge < -0.3 is 10.2 Å². The van der Waals surface area contributed by atoms with E-state index in [1.807, 2.05) is 0 Å². The van der Waals surface area contributed by atoms with Crippen LogP contribution in [0.2, 0.25) is 0 Å². The van der Waals surface area contributed by atoms with E-state index in [4.69, 9.17) is 0 Å². The Balaban J connectivity index is 0.00000242. The van der Waals surface area contributed by atoms with Crippen molar-refractivity contribution in [1.82, 2.24) is 10.2 Å². The van der Waals surface area contributed by atoms with Gasteiger partial charge in [0.05, 0.1) is 0 Å². The van der Waals surface area contributed by atoms with Crippen LogP contribution in [-0.4, -0.2) is 36.0 Å². The molecule has 3 nitrogen and oxygen atoms in total. The average Bonchev–Trinajstić information content (AvgIpc) is 3.32. The molecule has 1 saturated heterocycles. The van der Waals surface area contributed by atoms with Gasteiger partial charge in [0.1, 0.15) is 0 Å². The van der Waals surface area contributed by atoms with Crippen LogP contribution in [0, 0.1) is 17.8 Å². The van der Waals surface area contributed by atoms with Crippen molar-refractivity contribution >= 4 is 18.3 Å². The van der Waals surface area contributed by atoms with E-state index in [2.05, 4.69) is 37.9 Å². The highest BCUT2D eigenvalue weighted by Crippen LogP contribution is 2.33. The Labute approximate surface area is 143 Å². The molecule has 0 aromatic rings. The van der Waals surface area contributed by atoms with E-state index in [9.17, 15) is 4.79 Å². The third-order valence-electron chi connectivity index (χ3n) is 5.77.